The van der Waals surface area contributed by atoms with E-state index in [1.807, 2.05) is 0 Å². The van der Waals surface area contributed by atoms with Crippen LogP contribution in [0, 0.1) is 0 Å². The minimum atomic E-state index is -4.38. The van der Waals surface area contributed by atoms with Gasteiger partial charge in [-0.05, 0) is 70.6 Å². The van der Waals surface area contributed by atoms with Gasteiger partial charge in [0.15, 0.2) is 6.10 Å². The zero-order chi connectivity index (χ0) is 38.9. The molecule has 0 heterocycles. The van der Waals surface area contributed by atoms with E-state index < -0.39 is 32.5 Å². The van der Waals surface area contributed by atoms with Crippen LogP contribution in [0.25, 0.3) is 0 Å². The molecular weight excluding hydrogens is 689 g/mol. The molecule has 0 aliphatic rings. The minimum Gasteiger partial charge on any atom is -0.462 e. The number of phosphoric acid groups is 1. The maximum absolute atomic E-state index is 12.6. The van der Waals surface area contributed by atoms with Crippen molar-refractivity contribution in [2.45, 2.75) is 174 Å². The third kappa shape index (κ3) is 39.2. The van der Waals surface area contributed by atoms with Gasteiger partial charge in [-0.15, -0.1) is 0 Å². The fraction of sp³-hybridized carbons (Fsp3) is 0.721. The molecule has 0 aromatic carbocycles. The van der Waals surface area contributed by atoms with Crippen LogP contribution in [0.4, 0.5) is 0 Å². The Labute approximate surface area is 323 Å². The van der Waals surface area contributed by atoms with Crippen LogP contribution in [0.15, 0.2) is 60.8 Å². The molecule has 2 atom stereocenters. The van der Waals surface area contributed by atoms with Crippen molar-refractivity contribution >= 4 is 19.8 Å². The summed E-state index contributed by atoms with van der Waals surface area (Å²) in [4.78, 5) is 34.8. The molecular formula is C43H76NO8P. The predicted molar refractivity (Wildman–Crippen MR) is 219 cm³/mol. The van der Waals surface area contributed by atoms with E-state index in [4.69, 9.17) is 24.3 Å². The number of rotatable bonds is 38. The van der Waals surface area contributed by atoms with E-state index >= 15 is 0 Å². The summed E-state index contributed by atoms with van der Waals surface area (Å²) in [6.07, 6.45) is 45.3. The van der Waals surface area contributed by atoms with Gasteiger partial charge in [-0.2, -0.15) is 0 Å². The lowest BCUT2D eigenvalue weighted by molar-refractivity contribution is -0.161. The zero-order valence-corrected chi connectivity index (χ0v) is 34.4. The second kappa shape index (κ2) is 39.4. The fourth-order valence-electron chi connectivity index (χ4n) is 5.25. The Morgan fingerprint density at radius 2 is 1.02 bits per heavy atom. The first-order chi connectivity index (χ1) is 25.8. The first-order valence-electron chi connectivity index (χ1n) is 20.8. The molecule has 1 unspecified atom stereocenters. The molecule has 0 saturated heterocycles. The smallest absolute Gasteiger partial charge is 0.462 e. The van der Waals surface area contributed by atoms with Crippen molar-refractivity contribution in [2.24, 2.45) is 5.73 Å². The maximum Gasteiger partial charge on any atom is 0.472 e. The summed E-state index contributed by atoms with van der Waals surface area (Å²) >= 11 is 0. The van der Waals surface area contributed by atoms with Gasteiger partial charge >= 0.3 is 19.8 Å². The van der Waals surface area contributed by atoms with Crippen molar-refractivity contribution in [3.05, 3.63) is 60.8 Å². The van der Waals surface area contributed by atoms with Crippen LogP contribution in [0.2, 0.25) is 0 Å². The lowest BCUT2D eigenvalue weighted by atomic mass is 10.1. The van der Waals surface area contributed by atoms with E-state index in [-0.39, 0.29) is 32.6 Å². The van der Waals surface area contributed by atoms with Crippen LogP contribution in [0.3, 0.4) is 0 Å². The maximum atomic E-state index is 12.6. The number of nitrogens with two attached hydrogens (primary N) is 1. The highest BCUT2D eigenvalue weighted by Crippen LogP contribution is 2.43. The standard InChI is InChI=1S/C43H76NO8P/c1-3-5-7-9-11-13-15-17-19-20-22-23-25-27-29-31-33-35-42(45)49-39-41(40-51-53(47,48)50-38-37-44)52-43(46)36-34-32-30-28-26-24-21-18-16-14-12-10-8-6-4-2/h7,9-10,12-13,15,19-20,23,25,41H,3-6,8,11,14,16-18,21-22,24,26-40,44H2,1-2H3,(H,47,48)/b9-7+,12-10+,15-13+,20-19+,25-23+/t41-/m1/s1. The van der Waals surface area contributed by atoms with Crippen LogP contribution in [-0.4, -0.2) is 49.3 Å². The molecule has 0 spiro atoms. The lowest BCUT2D eigenvalue weighted by Crippen LogP contribution is -2.29. The Balaban J connectivity index is 4.24. The summed E-state index contributed by atoms with van der Waals surface area (Å²) in [5.41, 5.74) is 5.34. The molecule has 0 aliphatic carbocycles. The summed E-state index contributed by atoms with van der Waals surface area (Å²) < 4.78 is 32.7. The highest BCUT2D eigenvalue weighted by atomic mass is 31.2. The van der Waals surface area contributed by atoms with Gasteiger partial charge in [-0.3, -0.25) is 18.6 Å². The molecule has 10 heteroatoms. The van der Waals surface area contributed by atoms with Gasteiger partial charge in [0, 0.05) is 19.4 Å². The van der Waals surface area contributed by atoms with Crippen molar-refractivity contribution in [3.63, 3.8) is 0 Å². The predicted octanol–water partition coefficient (Wildman–Crippen LogP) is 11.7. The third-order valence-electron chi connectivity index (χ3n) is 8.36. The highest BCUT2D eigenvalue weighted by Gasteiger charge is 2.25. The van der Waals surface area contributed by atoms with Gasteiger partial charge in [0.1, 0.15) is 6.61 Å². The molecule has 0 aliphatic heterocycles. The van der Waals surface area contributed by atoms with Gasteiger partial charge < -0.3 is 20.1 Å². The Bertz CT molecular complexity index is 1050. The summed E-state index contributed by atoms with van der Waals surface area (Å²) in [5.74, 6) is -0.871. The molecule has 0 aromatic heterocycles. The van der Waals surface area contributed by atoms with E-state index in [2.05, 4.69) is 74.6 Å². The Morgan fingerprint density at radius 3 is 1.57 bits per heavy atom. The molecule has 0 amide bonds. The summed E-state index contributed by atoms with van der Waals surface area (Å²) in [6.45, 7) is 3.58. The number of unbranched alkanes of at least 4 members (excludes halogenated alkanes) is 15. The molecule has 3 N–H and O–H groups in total. The zero-order valence-electron chi connectivity index (χ0n) is 33.5. The average molecular weight is 766 g/mol. The first kappa shape index (κ1) is 50.7. The van der Waals surface area contributed by atoms with Crippen LogP contribution >= 0.6 is 7.82 Å². The summed E-state index contributed by atoms with van der Waals surface area (Å²) in [7, 11) is -4.38. The number of carbonyl (C=O) groups excluding carboxylic acids is 2. The molecule has 0 radical (unpaired) electrons. The first-order valence-corrected chi connectivity index (χ1v) is 22.3. The summed E-state index contributed by atoms with van der Waals surface area (Å²) in [5, 5.41) is 0. The number of hydrogen-bond donors (Lipinski definition) is 2. The molecule has 0 fully saturated rings. The van der Waals surface area contributed by atoms with Gasteiger partial charge in [0.2, 0.25) is 0 Å². The second-order valence-corrected chi connectivity index (χ2v) is 14.9. The van der Waals surface area contributed by atoms with Gasteiger partial charge in [0.25, 0.3) is 0 Å². The second-order valence-electron chi connectivity index (χ2n) is 13.5. The third-order valence-corrected chi connectivity index (χ3v) is 9.34. The van der Waals surface area contributed by atoms with Gasteiger partial charge in [0.05, 0.1) is 13.2 Å². The number of esters is 2. The lowest BCUT2D eigenvalue weighted by Gasteiger charge is -2.19. The number of allylic oxidation sites excluding steroid dienone is 10. The molecule has 306 valence electrons. The van der Waals surface area contributed by atoms with Crippen molar-refractivity contribution in [1.82, 2.24) is 0 Å². The summed E-state index contributed by atoms with van der Waals surface area (Å²) in [6, 6.07) is 0. The number of carbonyl (C=O) groups is 2. The number of ether oxygens (including phenoxy) is 2. The SMILES string of the molecule is CCC/C=C/C/C=C/C/C=C/C/C=C/CCCCCC(=O)OC[C@H](COP(=O)(O)OCCN)OC(=O)CCCCCCCCCCC/C=C/CCCC. The normalized spacial score (nSPS) is 14.0. The quantitative estimate of drug-likeness (QED) is 0.0272. The van der Waals surface area contributed by atoms with E-state index in [1.54, 1.807) is 0 Å². The van der Waals surface area contributed by atoms with Crippen LogP contribution in [-0.2, 0) is 32.7 Å². The monoisotopic (exact) mass is 766 g/mol. The van der Waals surface area contributed by atoms with Crippen LogP contribution < -0.4 is 5.73 Å². The fourth-order valence-corrected chi connectivity index (χ4v) is 6.02. The molecule has 0 bridgehead atoms. The van der Waals surface area contributed by atoms with E-state index in [0.29, 0.717) is 12.8 Å². The minimum absolute atomic E-state index is 0.0461. The average Bonchev–Trinajstić information content (AvgIpc) is 3.14. The van der Waals surface area contributed by atoms with Crippen LogP contribution in [0.5, 0.6) is 0 Å². The Hall–Kier alpha value is -2.29. The van der Waals surface area contributed by atoms with E-state index in [0.717, 1.165) is 64.2 Å². The van der Waals surface area contributed by atoms with Crippen molar-refractivity contribution in [2.75, 3.05) is 26.4 Å². The van der Waals surface area contributed by atoms with Crippen LogP contribution in [0.1, 0.15) is 168 Å². The Kier molecular flexibility index (Phi) is 37.7. The molecule has 9 nitrogen and oxygen atoms in total. The topological polar surface area (TPSA) is 134 Å². The molecule has 0 aromatic rings. The van der Waals surface area contributed by atoms with E-state index in [9.17, 15) is 19.0 Å². The van der Waals surface area contributed by atoms with Crippen molar-refractivity contribution in [3.8, 4) is 0 Å². The number of phosphoric ester groups is 1. The van der Waals surface area contributed by atoms with Crippen molar-refractivity contribution < 1.29 is 37.6 Å². The highest BCUT2D eigenvalue weighted by molar-refractivity contribution is 7.47. The van der Waals surface area contributed by atoms with Gasteiger partial charge in [-0.25, -0.2) is 4.57 Å². The van der Waals surface area contributed by atoms with Gasteiger partial charge in [-0.1, -0.05) is 145 Å². The molecule has 0 rings (SSSR count). The Morgan fingerprint density at radius 1 is 0.566 bits per heavy atom. The molecule has 53 heavy (non-hydrogen) atoms. The van der Waals surface area contributed by atoms with E-state index in [1.165, 1.54) is 64.2 Å². The van der Waals surface area contributed by atoms with Crippen molar-refractivity contribution in [1.29, 1.82) is 0 Å². The molecule has 0 saturated carbocycles. The number of hydrogen-bond acceptors (Lipinski definition) is 8. The largest absolute Gasteiger partial charge is 0.472 e.